The van der Waals surface area contributed by atoms with E-state index in [0.29, 0.717) is 6.61 Å². The number of hydrogen-bond donors (Lipinski definition) is 1. The third kappa shape index (κ3) is 3.41. The monoisotopic (exact) mass is 241 g/mol. The predicted molar refractivity (Wildman–Crippen MR) is 65.6 cm³/mol. The fourth-order valence-corrected chi connectivity index (χ4v) is 1.79. The summed E-state index contributed by atoms with van der Waals surface area (Å²) in [5, 5.41) is 0. The van der Waals surface area contributed by atoms with Crippen molar-refractivity contribution in [2.75, 3.05) is 13.7 Å². The van der Waals surface area contributed by atoms with Gasteiger partial charge < -0.3 is 15.2 Å². The Bertz CT molecular complexity index is 357. The molecule has 3 nitrogen and oxygen atoms in total. The van der Waals surface area contributed by atoms with Crippen molar-refractivity contribution in [3.05, 3.63) is 29.6 Å². The van der Waals surface area contributed by atoms with Crippen molar-refractivity contribution in [2.24, 2.45) is 5.73 Å². The van der Waals surface area contributed by atoms with Crippen LogP contribution in [0.1, 0.15) is 31.9 Å². The summed E-state index contributed by atoms with van der Waals surface area (Å²) in [6.45, 7) is 4.52. The quantitative estimate of drug-likeness (QED) is 0.832. The summed E-state index contributed by atoms with van der Waals surface area (Å²) in [7, 11) is 1.44. The van der Waals surface area contributed by atoms with E-state index in [2.05, 4.69) is 0 Å². The number of halogens is 1. The Balaban J connectivity index is 2.87. The molecule has 1 rings (SSSR count). The lowest BCUT2D eigenvalue weighted by atomic mass is 10.00. The van der Waals surface area contributed by atoms with E-state index in [0.717, 1.165) is 12.0 Å². The van der Waals surface area contributed by atoms with Gasteiger partial charge in [0.25, 0.3) is 0 Å². The first-order valence-corrected chi connectivity index (χ1v) is 5.84. The zero-order valence-corrected chi connectivity index (χ0v) is 10.6. The van der Waals surface area contributed by atoms with Crippen molar-refractivity contribution < 1.29 is 13.9 Å². The van der Waals surface area contributed by atoms with Crippen LogP contribution >= 0.6 is 0 Å². The van der Waals surface area contributed by atoms with E-state index < -0.39 is 5.82 Å². The van der Waals surface area contributed by atoms with Gasteiger partial charge >= 0.3 is 0 Å². The van der Waals surface area contributed by atoms with Crippen molar-refractivity contribution in [3.63, 3.8) is 0 Å². The van der Waals surface area contributed by atoms with Gasteiger partial charge in [-0.25, -0.2) is 4.39 Å². The Hall–Kier alpha value is -1.13. The molecular weight excluding hydrogens is 221 g/mol. The minimum atomic E-state index is -0.396. The smallest absolute Gasteiger partial charge is 0.165 e. The highest BCUT2D eigenvalue weighted by Crippen LogP contribution is 2.24. The second-order valence-electron chi connectivity index (χ2n) is 3.82. The second kappa shape index (κ2) is 6.57. The van der Waals surface area contributed by atoms with Gasteiger partial charge in [-0.15, -0.1) is 0 Å². The molecule has 96 valence electrons. The largest absolute Gasteiger partial charge is 0.494 e. The van der Waals surface area contributed by atoms with Crippen LogP contribution in [0.2, 0.25) is 0 Å². The molecule has 0 fully saturated rings. The van der Waals surface area contributed by atoms with Crippen molar-refractivity contribution in [1.82, 2.24) is 0 Å². The van der Waals surface area contributed by atoms with Gasteiger partial charge in [0.05, 0.1) is 19.3 Å². The Kier molecular flexibility index (Phi) is 5.38. The van der Waals surface area contributed by atoms with Crippen LogP contribution in [-0.2, 0) is 4.74 Å². The van der Waals surface area contributed by atoms with E-state index in [4.69, 9.17) is 15.2 Å². The summed E-state index contributed by atoms with van der Waals surface area (Å²) in [5.41, 5.74) is 6.79. The third-order valence-corrected chi connectivity index (χ3v) is 2.74. The molecule has 1 aromatic carbocycles. The molecule has 17 heavy (non-hydrogen) atoms. The summed E-state index contributed by atoms with van der Waals surface area (Å²) in [6.07, 6.45) is 0.704. The number of rotatable bonds is 6. The molecule has 0 radical (unpaired) electrons. The Morgan fingerprint density at radius 3 is 2.53 bits per heavy atom. The third-order valence-electron chi connectivity index (χ3n) is 2.74. The van der Waals surface area contributed by atoms with Crippen LogP contribution in [0, 0.1) is 5.82 Å². The van der Waals surface area contributed by atoms with E-state index in [1.165, 1.54) is 13.2 Å². The van der Waals surface area contributed by atoms with Crippen LogP contribution in [-0.4, -0.2) is 19.8 Å². The average Bonchev–Trinajstić information content (AvgIpc) is 2.35. The molecule has 0 amide bonds. The molecule has 1 aromatic rings. The fourth-order valence-electron chi connectivity index (χ4n) is 1.79. The van der Waals surface area contributed by atoms with E-state index >= 15 is 0 Å². The topological polar surface area (TPSA) is 44.5 Å². The number of hydrogen-bond acceptors (Lipinski definition) is 3. The number of nitrogens with two attached hydrogens (primary N) is 1. The number of ether oxygens (including phenoxy) is 2. The molecule has 0 aromatic heterocycles. The first-order valence-electron chi connectivity index (χ1n) is 5.84. The molecule has 0 heterocycles. The van der Waals surface area contributed by atoms with Gasteiger partial charge in [-0.2, -0.15) is 0 Å². The van der Waals surface area contributed by atoms with E-state index in [9.17, 15) is 4.39 Å². The van der Waals surface area contributed by atoms with Gasteiger partial charge in [0.2, 0.25) is 0 Å². The lowest BCUT2D eigenvalue weighted by Gasteiger charge is -2.23. The van der Waals surface area contributed by atoms with Gasteiger partial charge in [0, 0.05) is 6.61 Å². The fraction of sp³-hybridized carbons (Fsp3) is 0.538. The summed E-state index contributed by atoms with van der Waals surface area (Å²) in [6, 6.07) is 4.45. The van der Waals surface area contributed by atoms with Crippen LogP contribution in [0.15, 0.2) is 18.2 Å². The van der Waals surface area contributed by atoms with E-state index in [-0.39, 0.29) is 17.9 Å². The Morgan fingerprint density at radius 1 is 1.35 bits per heavy atom. The summed E-state index contributed by atoms with van der Waals surface area (Å²) < 4.78 is 23.9. The van der Waals surface area contributed by atoms with E-state index in [1.54, 1.807) is 12.1 Å². The normalized spacial score (nSPS) is 14.4. The first-order chi connectivity index (χ1) is 8.13. The summed E-state index contributed by atoms with van der Waals surface area (Å²) in [4.78, 5) is 0. The Labute approximate surface area is 102 Å². The van der Waals surface area contributed by atoms with Crippen molar-refractivity contribution in [3.8, 4) is 5.75 Å². The maximum absolute atomic E-state index is 13.5. The number of methoxy groups -OCH3 is 1. The molecule has 0 aliphatic heterocycles. The molecule has 0 bridgehead atoms. The molecule has 0 saturated heterocycles. The van der Waals surface area contributed by atoms with Gasteiger partial charge in [-0.3, -0.25) is 0 Å². The molecule has 4 heteroatoms. The van der Waals surface area contributed by atoms with Crippen molar-refractivity contribution in [2.45, 2.75) is 32.4 Å². The summed E-state index contributed by atoms with van der Waals surface area (Å²) in [5.74, 6) is -0.169. The maximum atomic E-state index is 13.5. The molecule has 2 atom stereocenters. The van der Waals surface area contributed by atoms with Gasteiger partial charge in [0.15, 0.2) is 11.6 Å². The SMILES string of the molecule is CCOC(CC)C(N)c1ccc(OC)c(F)c1. The Morgan fingerprint density at radius 2 is 2.06 bits per heavy atom. The molecule has 2 N–H and O–H groups in total. The van der Waals surface area contributed by atoms with Crippen LogP contribution in [0.4, 0.5) is 4.39 Å². The van der Waals surface area contributed by atoms with Gasteiger partial charge in [-0.05, 0) is 31.0 Å². The van der Waals surface area contributed by atoms with Gasteiger partial charge in [0.1, 0.15) is 0 Å². The van der Waals surface area contributed by atoms with Crippen molar-refractivity contribution in [1.29, 1.82) is 0 Å². The van der Waals surface area contributed by atoms with Crippen LogP contribution < -0.4 is 10.5 Å². The molecule has 0 spiro atoms. The molecule has 0 saturated carbocycles. The summed E-state index contributed by atoms with van der Waals surface area (Å²) >= 11 is 0. The second-order valence-corrected chi connectivity index (χ2v) is 3.82. The molecule has 2 unspecified atom stereocenters. The molecule has 0 aliphatic carbocycles. The highest BCUT2D eigenvalue weighted by Gasteiger charge is 2.19. The predicted octanol–water partition coefficient (Wildman–Crippen LogP) is 2.65. The van der Waals surface area contributed by atoms with Crippen LogP contribution in [0.25, 0.3) is 0 Å². The zero-order chi connectivity index (χ0) is 12.8. The lowest BCUT2D eigenvalue weighted by molar-refractivity contribution is 0.0413. The maximum Gasteiger partial charge on any atom is 0.165 e. The average molecular weight is 241 g/mol. The van der Waals surface area contributed by atoms with Gasteiger partial charge in [-0.1, -0.05) is 13.0 Å². The van der Waals surface area contributed by atoms with Crippen LogP contribution in [0.5, 0.6) is 5.75 Å². The van der Waals surface area contributed by atoms with Crippen molar-refractivity contribution >= 4 is 0 Å². The van der Waals surface area contributed by atoms with E-state index in [1.807, 2.05) is 13.8 Å². The van der Waals surface area contributed by atoms with Crippen LogP contribution in [0.3, 0.4) is 0 Å². The minimum Gasteiger partial charge on any atom is -0.494 e. The zero-order valence-electron chi connectivity index (χ0n) is 10.6. The minimum absolute atomic E-state index is 0.0900. The highest BCUT2D eigenvalue weighted by molar-refractivity contribution is 5.31. The lowest BCUT2D eigenvalue weighted by Crippen LogP contribution is -2.28. The standard InChI is InChI=1S/C13H20FNO2/c1-4-11(17-5-2)13(15)9-6-7-12(16-3)10(14)8-9/h6-8,11,13H,4-5,15H2,1-3H3. The number of benzene rings is 1. The molecular formula is C13H20FNO2. The highest BCUT2D eigenvalue weighted by atomic mass is 19.1. The first kappa shape index (κ1) is 13.9. The molecule has 0 aliphatic rings.